The third-order valence-corrected chi connectivity index (χ3v) is 9.08. The first-order valence-corrected chi connectivity index (χ1v) is 14.8. The number of piperazine rings is 1. The highest BCUT2D eigenvalue weighted by molar-refractivity contribution is 6.05. The van der Waals surface area contributed by atoms with Crippen LogP contribution in [-0.4, -0.2) is 59.7 Å². The summed E-state index contributed by atoms with van der Waals surface area (Å²) in [4.78, 5) is 43.0. The van der Waals surface area contributed by atoms with Gasteiger partial charge < -0.3 is 14.5 Å². The third-order valence-electron chi connectivity index (χ3n) is 9.08. The topological polar surface area (TPSA) is 106 Å². The fourth-order valence-electron chi connectivity index (χ4n) is 6.38. The molecule has 3 heterocycles. The van der Waals surface area contributed by atoms with Crippen LogP contribution in [0.5, 0.6) is 5.75 Å². The Morgan fingerprint density at radius 3 is 2.45 bits per heavy atom. The van der Waals surface area contributed by atoms with Crippen molar-refractivity contribution in [1.29, 1.82) is 5.26 Å². The number of carbonyl (C=O) groups is 3. The van der Waals surface area contributed by atoms with Gasteiger partial charge in [-0.3, -0.25) is 24.6 Å². The van der Waals surface area contributed by atoms with Gasteiger partial charge in [-0.1, -0.05) is 30.3 Å². The second kappa shape index (κ2) is 11.7. The minimum Gasteiger partial charge on any atom is -0.489 e. The number of nitrogens with one attached hydrogen (secondary N) is 1. The molecule has 0 unspecified atom stereocenters. The van der Waals surface area contributed by atoms with Crippen LogP contribution in [0.4, 0.5) is 10.1 Å². The molecule has 0 saturated carbocycles. The molecule has 1 atom stereocenters. The molecule has 1 N–H and O–H groups in total. The molecule has 0 spiro atoms. The highest BCUT2D eigenvalue weighted by Crippen LogP contribution is 2.35. The molecule has 2 fully saturated rings. The Kier molecular flexibility index (Phi) is 7.82. The Labute approximate surface area is 255 Å². The number of amides is 3. The predicted octanol–water partition coefficient (Wildman–Crippen LogP) is 4.09. The van der Waals surface area contributed by atoms with Gasteiger partial charge in [0.1, 0.15) is 24.2 Å². The third kappa shape index (κ3) is 5.51. The number of anilines is 1. The summed E-state index contributed by atoms with van der Waals surface area (Å²) in [6.07, 6.45) is 0.524. The van der Waals surface area contributed by atoms with Gasteiger partial charge in [-0.15, -0.1) is 0 Å². The highest BCUT2D eigenvalue weighted by atomic mass is 19.1. The first-order chi connectivity index (χ1) is 21.2. The lowest BCUT2D eigenvalue weighted by Gasteiger charge is -2.45. The standard InChI is InChI=1S/C34H34FN5O4/c1-34(2,39-16-14-38(15-17-39)28-11-8-23(19-36)18-27(28)35)24-9-6-22(7-10-24)21-44-30-5-3-4-25-26(30)20-40(33(25)43)29-12-13-31(41)37-32(29)42/h3-11,18,29H,12-17,20-21H2,1-2H3,(H,37,41,42)/t29-/m0/s1. The summed E-state index contributed by atoms with van der Waals surface area (Å²) in [6.45, 7) is 7.86. The van der Waals surface area contributed by atoms with Crippen LogP contribution in [0.3, 0.4) is 0 Å². The maximum Gasteiger partial charge on any atom is 0.255 e. The molecule has 226 valence electrons. The Balaban J connectivity index is 1.07. The van der Waals surface area contributed by atoms with E-state index >= 15 is 0 Å². The highest BCUT2D eigenvalue weighted by Gasteiger charge is 2.40. The van der Waals surface area contributed by atoms with Crippen LogP contribution >= 0.6 is 0 Å². The number of benzene rings is 3. The summed E-state index contributed by atoms with van der Waals surface area (Å²) in [5, 5.41) is 11.4. The second-order valence-electron chi connectivity index (χ2n) is 12.0. The van der Waals surface area contributed by atoms with Crippen molar-refractivity contribution < 1.29 is 23.5 Å². The van der Waals surface area contributed by atoms with Crippen molar-refractivity contribution in [1.82, 2.24) is 15.1 Å². The maximum atomic E-state index is 14.6. The average Bonchev–Trinajstić information content (AvgIpc) is 3.36. The van der Waals surface area contributed by atoms with Gasteiger partial charge in [0.05, 0.1) is 23.9 Å². The molecule has 3 aliphatic rings. The maximum absolute atomic E-state index is 14.6. The van der Waals surface area contributed by atoms with Crippen molar-refractivity contribution in [3.63, 3.8) is 0 Å². The van der Waals surface area contributed by atoms with Crippen LogP contribution in [0, 0.1) is 17.1 Å². The van der Waals surface area contributed by atoms with Gasteiger partial charge >= 0.3 is 0 Å². The molecule has 0 bridgehead atoms. The van der Waals surface area contributed by atoms with Crippen molar-refractivity contribution in [2.24, 2.45) is 0 Å². The Morgan fingerprint density at radius 1 is 1.02 bits per heavy atom. The zero-order chi connectivity index (χ0) is 31.0. The number of nitrogens with zero attached hydrogens (tertiary/aromatic N) is 4. The fraction of sp³-hybridized carbons (Fsp3) is 0.353. The summed E-state index contributed by atoms with van der Waals surface area (Å²) in [5.41, 5.74) is 4.02. The lowest BCUT2D eigenvalue weighted by molar-refractivity contribution is -0.136. The van der Waals surface area contributed by atoms with Crippen LogP contribution in [0.15, 0.2) is 60.7 Å². The average molecular weight is 596 g/mol. The van der Waals surface area contributed by atoms with Crippen molar-refractivity contribution in [2.45, 2.75) is 51.4 Å². The zero-order valence-corrected chi connectivity index (χ0v) is 24.8. The van der Waals surface area contributed by atoms with Gasteiger partial charge in [-0.05, 0) is 61.7 Å². The summed E-state index contributed by atoms with van der Waals surface area (Å²) in [5.74, 6) is -0.739. The molecule has 9 nitrogen and oxygen atoms in total. The van der Waals surface area contributed by atoms with E-state index in [1.165, 1.54) is 11.0 Å². The van der Waals surface area contributed by atoms with Crippen LogP contribution in [0.2, 0.25) is 0 Å². The van der Waals surface area contributed by atoms with E-state index in [4.69, 9.17) is 10.00 Å². The zero-order valence-electron chi connectivity index (χ0n) is 24.8. The van der Waals surface area contributed by atoms with Crippen molar-refractivity contribution in [3.8, 4) is 11.8 Å². The number of hydrogen-bond donors (Lipinski definition) is 1. The molecule has 10 heteroatoms. The number of rotatable bonds is 7. The minimum absolute atomic E-state index is 0.210. The number of halogens is 1. The number of nitriles is 1. The van der Waals surface area contributed by atoms with E-state index in [1.807, 2.05) is 29.2 Å². The first-order valence-electron chi connectivity index (χ1n) is 14.8. The molecule has 0 aromatic heterocycles. The number of ether oxygens (including phenoxy) is 1. The van der Waals surface area contributed by atoms with Gasteiger partial charge in [0, 0.05) is 49.3 Å². The Morgan fingerprint density at radius 2 is 1.77 bits per heavy atom. The van der Waals surface area contributed by atoms with Crippen LogP contribution in [0.1, 0.15) is 59.3 Å². The van der Waals surface area contributed by atoms with Gasteiger partial charge in [-0.2, -0.15) is 5.26 Å². The molecular weight excluding hydrogens is 561 g/mol. The quantitative estimate of drug-likeness (QED) is 0.410. The fourth-order valence-corrected chi connectivity index (χ4v) is 6.38. The lowest BCUT2D eigenvalue weighted by Crippen LogP contribution is -2.53. The molecule has 3 amide bonds. The van der Waals surface area contributed by atoms with Crippen molar-refractivity contribution in [2.75, 3.05) is 31.1 Å². The van der Waals surface area contributed by atoms with E-state index in [2.05, 4.69) is 36.2 Å². The van der Waals surface area contributed by atoms with Crippen molar-refractivity contribution >= 4 is 23.4 Å². The van der Waals surface area contributed by atoms with E-state index < -0.39 is 11.9 Å². The normalized spacial score (nSPS) is 19.0. The minimum atomic E-state index is -0.670. The number of imide groups is 1. The number of fused-ring (bicyclic) bond motifs is 1. The molecule has 0 aliphatic carbocycles. The second-order valence-corrected chi connectivity index (χ2v) is 12.0. The predicted molar refractivity (Wildman–Crippen MR) is 161 cm³/mol. The molecule has 44 heavy (non-hydrogen) atoms. The molecule has 6 rings (SSSR count). The summed E-state index contributed by atoms with van der Waals surface area (Å²) in [7, 11) is 0. The SMILES string of the molecule is CC(C)(c1ccc(COc2cccc3c2CN([C@H]2CCC(=O)NC2=O)C3=O)cc1)N1CCN(c2ccc(C#N)cc2F)CC1. The Hall–Kier alpha value is -4.75. The van der Waals surface area contributed by atoms with Crippen LogP contribution in [0.25, 0.3) is 0 Å². The molecule has 2 saturated heterocycles. The molecule has 3 aromatic carbocycles. The van der Waals surface area contributed by atoms with Gasteiger partial charge in [0.2, 0.25) is 11.8 Å². The number of piperidine rings is 1. The summed E-state index contributed by atoms with van der Waals surface area (Å²) in [6, 6.07) is 19.6. The molecule has 0 radical (unpaired) electrons. The van der Waals surface area contributed by atoms with E-state index in [1.54, 1.807) is 24.3 Å². The Bertz CT molecular complexity index is 1660. The number of hydrogen-bond acceptors (Lipinski definition) is 7. The summed E-state index contributed by atoms with van der Waals surface area (Å²) >= 11 is 0. The van der Waals surface area contributed by atoms with Gasteiger partial charge in [0.15, 0.2) is 0 Å². The van der Waals surface area contributed by atoms with Crippen LogP contribution in [-0.2, 0) is 28.3 Å². The van der Waals surface area contributed by atoms with E-state index in [0.717, 1.165) is 29.8 Å². The molecule has 3 aromatic rings. The largest absolute Gasteiger partial charge is 0.489 e. The lowest BCUT2D eigenvalue weighted by atomic mass is 9.90. The first kappa shape index (κ1) is 29.3. The smallest absolute Gasteiger partial charge is 0.255 e. The van der Waals surface area contributed by atoms with Gasteiger partial charge in [0.25, 0.3) is 5.91 Å². The summed E-state index contributed by atoms with van der Waals surface area (Å²) < 4.78 is 20.8. The van der Waals surface area contributed by atoms with E-state index in [9.17, 15) is 18.8 Å². The monoisotopic (exact) mass is 595 g/mol. The van der Waals surface area contributed by atoms with Crippen molar-refractivity contribution in [3.05, 3.63) is 94.3 Å². The molecular formula is C34H34FN5O4. The van der Waals surface area contributed by atoms with E-state index in [-0.39, 0.29) is 36.1 Å². The van der Waals surface area contributed by atoms with E-state index in [0.29, 0.717) is 48.7 Å². The van der Waals surface area contributed by atoms with Crippen LogP contribution < -0.4 is 15.0 Å². The van der Waals surface area contributed by atoms with Gasteiger partial charge in [-0.25, -0.2) is 4.39 Å². The number of carbonyl (C=O) groups excluding carboxylic acids is 3. The molecule has 3 aliphatic heterocycles.